The summed E-state index contributed by atoms with van der Waals surface area (Å²) >= 11 is 0. The van der Waals surface area contributed by atoms with Crippen molar-refractivity contribution in [3.8, 4) is 12.1 Å². The van der Waals surface area contributed by atoms with Crippen LogP contribution >= 0.6 is 0 Å². The molecule has 5 amide bonds. The van der Waals surface area contributed by atoms with Gasteiger partial charge in [0.25, 0.3) is 11.8 Å². The third-order valence-corrected chi connectivity index (χ3v) is 14.5. The normalized spacial score (nSPS) is 21.0. The summed E-state index contributed by atoms with van der Waals surface area (Å²) in [6.45, 7) is 12.2. The monoisotopic (exact) mass is 1040 g/mol. The Kier molecular flexibility index (Phi) is 17.4. The largest absolute Gasteiger partial charge is 0.462 e. The van der Waals surface area contributed by atoms with Crippen molar-refractivity contribution < 1.29 is 52.4 Å². The molecule has 20 heteroatoms. The molecule has 1 N–H and O–H groups in total. The molecule has 0 saturated carbocycles. The van der Waals surface area contributed by atoms with Crippen molar-refractivity contribution in [2.75, 3.05) is 102 Å². The molecule has 3 fully saturated rings. The molecule has 5 aliphatic rings. The van der Waals surface area contributed by atoms with Crippen molar-refractivity contribution in [3.63, 3.8) is 0 Å². The molecule has 4 aromatic rings. The maximum atomic E-state index is 13.4. The summed E-state index contributed by atoms with van der Waals surface area (Å²) in [6.07, 6.45) is 2.54. The van der Waals surface area contributed by atoms with Crippen molar-refractivity contribution in [2.24, 2.45) is 0 Å². The van der Waals surface area contributed by atoms with Crippen LogP contribution in [0.1, 0.15) is 90.4 Å². The fraction of sp³-hybridized carbons (Fsp3) is 0.536. The number of piperidine rings is 1. The predicted octanol–water partition coefficient (Wildman–Crippen LogP) is 5.08. The number of hydrogen-bond donors (Lipinski definition) is 1. The number of amides is 5. The maximum Gasteiger partial charge on any atom is 0.410 e. The Morgan fingerprint density at radius 1 is 0.816 bits per heavy atom. The molecule has 3 saturated heterocycles. The van der Waals surface area contributed by atoms with Gasteiger partial charge in [-0.3, -0.25) is 34.3 Å². The van der Waals surface area contributed by atoms with Gasteiger partial charge < -0.3 is 43.1 Å². The van der Waals surface area contributed by atoms with Crippen LogP contribution in [0.25, 0.3) is 10.8 Å². The zero-order chi connectivity index (χ0) is 53.3. The van der Waals surface area contributed by atoms with Crippen LogP contribution in [-0.2, 0) is 52.7 Å². The third kappa shape index (κ3) is 12.7. The second kappa shape index (κ2) is 24.5. The summed E-state index contributed by atoms with van der Waals surface area (Å²) in [6, 6.07) is 21.2. The van der Waals surface area contributed by atoms with Gasteiger partial charge in [-0.1, -0.05) is 48.5 Å². The summed E-state index contributed by atoms with van der Waals surface area (Å²) in [4.78, 5) is 83.5. The number of rotatable bonds is 21. The number of aryl methyl sites for hydroxylation is 1. The number of piperazine rings is 1. The predicted molar refractivity (Wildman–Crippen MR) is 280 cm³/mol. The number of carbonyl (C=O) groups is 5. The lowest BCUT2D eigenvalue weighted by Crippen LogP contribution is -2.56. The summed E-state index contributed by atoms with van der Waals surface area (Å²) in [5, 5.41) is 14.4. The molecule has 76 heavy (non-hydrogen) atoms. The van der Waals surface area contributed by atoms with Crippen LogP contribution in [0.5, 0.6) is 6.01 Å². The molecule has 1 aromatic heterocycles. The van der Waals surface area contributed by atoms with E-state index in [-0.39, 0.29) is 43.0 Å². The highest BCUT2D eigenvalue weighted by molar-refractivity contribution is 6.24. The Morgan fingerprint density at radius 2 is 1.57 bits per heavy atom. The van der Waals surface area contributed by atoms with Crippen LogP contribution in [0.3, 0.4) is 0 Å². The first kappa shape index (κ1) is 54.0. The van der Waals surface area contributed by atoms with Gasteiger partial charge >= 0.3 is 12.1 Å². The first-order valence-electron chi connectivity index (χ1n) is 26.5. The number of benzene rings is 3. The number of carbonyl (C=O) groups excluding carboxylic acids is 5. The average Bonchev–Trinajstić information content (AvgIpc) is 3.96. The topological polar surface area (TPSA) is 219 Å². The average molecular weight is 1040 g/mol. The number of nitrogens with zero attached hydrogens (tertiary/aromatic N) is 8. The number of aromatic nitrogens is 2. The van der Waals surface area contributed by atoms with Crippen LogP contribution in [-0.4, -0.2) is 177 Å². The van der Waals surface area contributed by atoms with Crippen molar-refractivity contribution in [1.82, 2.24) is 30.0 Å². The zero-order valence-corrected chi connectivity index (χ0v) is 44.0. The van der Waals surface area contributed by atoms with E-state index >= 15 is 0 Å². The van der Waals surface area contributed by atoms with E-state index in [1.807, 2.05) is 26.8 Å². The van der Waals surface area contributed by atoms with Gasteiger partial charge in [-0.2, -0.15) is 15.2 Å². The molecule has 0 radical (unpaired) electrons. The summed E-state index contributed by atoms with van der Waals surface area (Å²) in [7, 11) is 2.07. The van der Waals surface area contributed by atoms with Crippen LogP contribution in [0.4, 0.5) is 16.3 Å². The number of imide groups is 2. The van der Waals surface area contributed by atoms with E-state index in [9.17, 15) is 29.2 Å². The van der Waals surface area contributed by atoms with Gasteiger partial charge in [0.15, 0.2) is 0 Å². The minimum Gasteiger partial charge on any atom is -0.462 e. The van der Waals surface area contributed by atoms with Gasteiger partial charge in [0, 0.05) is 68.4 Å². The maximum absolute atomic E-state index is 13.4. The molecule has 0 aliphatic carbocycles. The van der Waals surface area contributed by atoms with Crippen LogP contribution in [0.15, 0.2) is 60.7 Å². The van der Waals surface area contributed by atoms with Gasteiger partial charge in [0.2, 0.25) is 11.8 Å². The highest BCUT2D eigenvalue weighted by Crippen LogP contribution is 2.36. The van der Waals surface area contributed by atoms with Gasteiger partial charge in [-0.25, -0.2) is 4.79 Å². The standard InChI is InChI=1S/C56H69N9O11/c1-56(2,3)76-55(70)64-24-23-63(33-39(64)19-21-57)50-43-20-22-62(46-16-8-11-37-10-5-6-14-42(37)46)35-45(43)58-54(60-50)75-36-40-32-41(34-61(40)4)74-31-30-73-29-28-72-27-26-71-25-9-13-38-12-7-15-44-49(38)53(69)65(52(44)68)47-17-18-48(66)59-51(47)67/h5-8,10-12,14-16,39-41,47H,9,13,17-20,22-36H2,1-4H3,(H,59,66,67)/t39-,40-,41+,47?/m0/s1. The molecule has 3 aromatic carbocycles. The summed E-state index contributed by atoms with van der Waals surface area (Å²) < 4.78 is 35.7. The van der Waals surface area contributed by atoms with Gasteiger partial charge in [-0.15, -0.1) is 0 Å². The Hall–Kier alpha value is -6.76. The van der Waals surface area contributed by atoms with Crippen molar-refractivity contribution in [3.05, 3.63) is 88.6 Å². The minimum absolute atomic E-state index is 0.00141. The van der Waals surface area contributed by atoms with E-state index in [1.165, 1.54) is 10.8 Å². The summed E-state index contributed by atoms with van der Waals surface area (Å²) in [5.41, 5.74) is 3.75. The van der Waals surface area contributed by atoms with E-state index in [2.05, 4.69) is 75.6 Å². The van der Waals surface area contributed by atoms with Gasteiger partial charge in [0.1, 0.15) is 24.1 Å². The van der Waals surface area contributed by atoms with E-state index < -0.39 is 41.4 Å². The first-order valence-corrected chi connectivity index (χ1v) is 26.5. The van der Waals surface area contributed by atoms with E-state index in [0.29, 0.717) is 103 Å². The highest BCUT2D eigenvalue weighted by Gasteiger charge is 2.45. The quantitative estimate of drug-likeness (QED) is 0.0850. The van der Waals surface area contributed by atoms with E-state index in [4.69, 9.17) is 38.4 Å². The molecule has 5 aliphatic heterocycles. The van der Waals surface area contributed by atoms with Crippen LogP contribution < -0.4 is 19.9 Å². The lowest BCUT2D eigenvalue weighted by atomic mass is 9.99. The molecule has 9 rings (SSSR count). The summed E-state index contributed by atoms with van der Waals surface area (Å²) in [5.74, 6) is -1.28. The SMILES string of the molecule is CN1C[C@H](OCCOCCOCCOCCCc2cccc3c2C(=O)N(C2CCC(=O)NC2=O)C3=O)C[C@H]1COc1nc2c(c(N3CCN(C(=O)OC(C)(C)C)[C@@H](CC#N)C3)n1)CCN(c1cccc3ccccc13)C2. The fourth-order valence-corrected chi connectivity index (χ4v) is 10.8. The molecule has 0 spiro atoms. The first-order chi connectivity index (χ1) is 36.8. The van der Waals surface area contributed by atoms with Gasteiger partial charge in [-0.05, 0) is 83.0 Å². The molecule has 6 heterocycles. The Balaban J connectivity index is 0.704. The number of likely N-dealkylation sites (N-methyl/N-ethyl adjacent to an activating group) is 1. The molecule has 0 bridgehead atoms. The highest BCUT2D eigenvalue weighted by atomic mass is 16.6. The second-order valence-electron chi connectivity index (χ2n) is 20.9. The Bertz CT molecular complexity index is 2810. The third-order valence-electron chi connectivity index (χ3n) is 14.5. The van der Waals surface area contributed by atoms with Crippen molar-refractivity contribution in [1.29, 1.82) is 5.26 Å². The molecule has 4 atom stereocenters. The van der Waals surface area contributed by atoms with E-state index in [0.717, 1.165) is 59.2 Å². The zero-order valence-electron chi connectivity index (χ0n) is 44.0. The van der Waals surface area contributed by atoms with Crippen molar-refractivity contribution >= 4 is 52.0 Å². The lowest BCUT2D eigenvalue weighted by Gasteiger charge is -2.42. The number of ether oxygens (including phenoxy) is 6. The smallest absolute Gasteiger partial charge is 0.410 e. The number of hydrogen-bond acceptors (Lipinski definition) is 17. The molecule has 404 valence electrons. The molecular formula is C56H69N9O11. The van der Waals surface area contributed by atoms with Crippen molar-refractivity contribution in [2.45, 2.75) is 102 Å². The van der Waals surface area contributed by atoms with Crippen LogP contribution in [0.2, 0.25) is 0 Å². The van der Waals surface area contributed by atoms with E-state index in [1.54, 1.807) is 17.0 Å². The number of nitriles is 1. The molecule has 1 unspecified atom stereocenters. The second-order valence-corrected chi connectivity index (χ2v) is 20.9. The Morgan fingerprint density at radius 3 is 2.34 bits per heavy atom. The van der Waals surface area contributed by atoms with Crippen LogP contribution in [0, 0.1) is 11.3 Å². The fourth-order valence-electron chi connectivity index (χ4n) is 10.8. The number of nitrogens with one attached hydrogen (secondary N) is 1. The molecule has 20 nitrogen and oxygen atoms in total. The number of anilines is 2. The van der Waals surface area contributed by atoms with Gasteiger partial charge in [0.05, 0.1) is 87.6 Å². The molecular weight excluding hydrogens is 975 g/mol. The lowest BCUT2D eigenvalue weighted by molar-refractivity contribution is -0.136. The minimum atomic E-state index is -1.00. The Labute approximate surface area is 443 Å². The number of fused-ring (bicyclic) bond motifs is 3. The number of likely N-dealkylation sites (tertiary alicyclic amines) is 1.